The van der Waals surface area contributed by atoms with Crippen LogP contribution in [0.3, 0.4) is 0 Å². The molecule has 1 heterocycles. The van der Waals surface area contributed by atoms with E-state index in [9.17, 15) is 5.26 Å². The molecule has 2 heteroatoms. The lowest BCUT2D eigenvalue weighted by atomic mass is 9.74. The molecule has 0 bridgehead atoms. The van der Waals surface area contributed by atoms with Crippen molar-refractivity contribution in [2.45, 2.75) is 37.6 Å². The Bertz CT molecular complexity index is 216. The van der Waals surface area contributed by atoms with E-state index in [1.807, 2.05) is 0 Å². The van der Waals surface area contributed by atoms with Crippen LogP contribution in [0.5, 0.6) is 0 Å². The van der Waals surface area contributed by atoms with Crippen molar-refractivity contribution in [3.05, 3.63) is 0 Å². The van der Waals surface area contributed by atoms with Gasteiger partial charge in [-0.05, 0) is 38.8 Å². The van der Waals surface area contributed by atoms with Gasteiger partial charge in [-0.1, -0.05) is 12.8 Å². The Labute approximate surface area is 74.2 Å². The summed E-state index contributed by atoms with van der Waals surface area (Å²) in [5.41, 5.74) is -0.0712. The van der Waals surface area contributed by atoms with Crippen LogP contribution in [0.2, 0.25) is 0 Å². The molecule has 2 aliphatic rings. The van der Waals surface area contributed by atoms with Crippen LogP contribution in [-0.4, -0.2) is 24.0 Å². The first-order valence-corrected chi connectivity index (χ1v) is 4.92. The largest absolute Gasteiger partial charge is 0.288 e. The number of nitrogens with zero attached hydrogens (tertiary/aromatic N) is 2. The molecule has 0 aromatic carbocycles. The fourth-order valence-corrected chi connectivity index (χ4v) is 2.90. The Morgan fingerprint density at radius 3 is 2.92 bits per heavy atom. The van der Waals surface area contributed by atoms with Gasteiger partial charge in [-0.2, -0.15) is 5.26 Å². The molecule has 12 heavy (non-hydrogen) atoms. The maximum Gasteiger partial charge on any atom is 0.111 e. The lowest BCUT2D eigenvalue weighted by molar-refractivity contribution is 0.143. The number of hydrogen-bond acceptors (Lipinski definition) is 2. The molecule has 1 saturated heterocycles. The van der Waals surface area contributed by atoms with E-state index in [-0.39, 0.29) is 5.54 Å². The smallest absolute Gasteiger partial charge is 0.111 e. The van der Waals surface area contributed by atoms with Gasteiger partial charge in [-0.15, -0.1) is 0 Å². The zero-order chi connectivity index (χ0) is 8.60. The van der Waals surface area contributed by atoms with Crippen LogP contribution in [0.1, 0.15) is 32.1 Å². The Morgan fingerprint density at radius 2 is 2.25 bits per heavy atom. The van der Waals surface area contributed by atoms with Crippen molar-refractivity contribution in [3.63, 3.8) is 0 Å². The first kappa shape index (κ1) is 8.07. The minimum Gasteiger partial charge on any atom is -0.288 e. The topological polar surface area (TPSA) is 27.0 Å². The minimum atomic E-state index is -0.0712. The Hall–Kier alpha value is -0.550. The molecule has 66 valence electrons. The second kappa shape index (κ2) is 2.74. The van der Waals surface area contributed by atoms with E-state index < -0.39 is 0 Å². The molecule has 2 fully saturated rings. The average molecular weight is 164 g/mol. The Morgan fingerprint density at radius 1 is 1.42 bits per heavy atom. The van der Waals surface area contributed by atoms with Gasteiger partial charge in [0, 0.05) is 0 Å². The summed E-state index contributed by atoms with van der Waals surface area (Å²) in [4.78, 5) is 2.27. The lowest BCUT2D eigenvalue weighted by Gasteiger charge is -2.37. The van der Waals surface area contributed by atoms with Crippen LogP contribution in [0.4, 0.5) is 0 Å². The second-order valence-electron chi connectivity index (χ2n) is 4.19. The van der Waals surface area contributed by atoms with Crippen LogP contribution in [0, 0.1) is 17.2 Å². The fraction of sp³-hybridized carbons (Fsp3) is 0.900. The van der Waals surface area contributed by atoms with E-state index in [2.05, 4.69) is 18.0 Å². The molecule has 0 N–H and O–H groups in total. The van der Waals surface area contributed by atoms with Crippen LogP contribution >= 0.6 is 0 Å². The van der Waals surface area contributed by atoms with Gasteiger partial charge in [0.1, 0.15) is 5.54 Å². The van der Waals surface area contributed by atoms with Gasteiger partial charge in [0.15, 0.2) is 0 Å². The summed E-state index contributed by atoms with van der Waals surface area (Å²) in [6.45, 7) is 1.12. The maximum atomic E-state index is 9.23. The molecule has 2 rings (SSSR count). The molecule has 2 nitrogen and oxygen atoms in total. The number of hydrogen-bond donors (Lipinski definition) is 0. The summed E-state index contributed by atoms with van der Waals surface area (Å²) >= 11 is 0. The monoisotopic (exact) mass is 164 g/mol. The van der Waals surface area contributed by atoms with E-state index in [4.69, 9.17) is 0 Å². The van der Waals surface area contributed by atoms with E-state index >= 15 is 0 Å². The molecule has 0 amide bonds. The zero-order valence-corrected chi connectivity index (χ0v) is 7.71. The van der Waals surface area contributed by atoms with Gasteiger partial charge >= 0.3 is 0 Å². The molecule has 1 saturated carbocycles. The van der Waals surface area contributed by atoms with E-state index in [0.29, 0.717) is 5.92 Å². The van der Waals surface area contributed by atoms with Gasteiger partial charge in [-0.3, -0.25) is 4.90 Å². The van der Waals surface area contributed by atoms with Crippen LogP contribution in [0.25, 0.3) is 0 Å². The Kier molecular flexibility index (Phi) is 1.84. The average Bonchev–Trinajstić information content (AvgIpc) is 2.45. The van der Waals surface area contributed by atoms with Gasteiger partial charge < -0.3 is 0 Å². The SMILES string of the molecule is CN1CCC2CCCCC21C#N. The standard InChI is InChI=1S/C10H16N2/c1-12-7-5-9-4-2-3-6-10(9,12)8-11/h9H,2-7H2,1H3. The van der Waals surface area contributed by atoms with Gasteiger partial charge in [-0.25, -0.2) is 0 Å². The number of likely N-dealkylation sites (tertiary alicyclic amines) is 1. The molecule has 1 aliphatic carbocycles. The lowest BCUT2D eigenvalue weighted by Crippen LogP contribution is -2.46. The van der Waals surface area contributed by atoms with Crippen LogP contribution in [0.15, 0.2) is 0 Å². The molecule has 1 aliphatic heterocycles. The zero-order valence-electron chi connectivity index (χ0n) is 7.71. The number of nitriles is 1. The summed E-state index contributed by atoms with van der Waals surface area (Å²) in [5, 5.41) is 9.23. The normalized spacial score (nSPS) is 42.2. The molecule has 0 aromatic rings. The van der Waals surface area contributed by atoms with E-state index in [1.165, 1.54) is 25.7 Å². The molecule has 2 unspecified atom stereocenters. The van der Waals surface area contributed by atoms with Crippen LogP contribution < -0.4 is 0 Å². The van der Waals surface area contributed by atoms with Crippen molar-refractivity contribution in [1.82, 2.24) is 4.90 Å². The van der Waals surface area contributed by atoms with E-state index in [0.717, 1.165) is 13.0 Å². The van der Waals surface area contributed by atoms with Crippen molar-refractivity contribution in [3.8, 4) is 6.07 Å². The Balaban J connectivity index is 2.26. The van der Waals surface area contributed by atoms with E-state index in [1.54, 1.807) is 0 Å². The predicted molar refractivity (Wildman–Crippen MR) is 47.5 cm³/mol. The fourth-order valence-electron chi connectivity index (χ4n) is 2.90. The summed E-state index contributed by atoms with van der Waals surface area (Å²) in [7, 11) is 2.11. The highest BCUT2D eigenvalue weighted by Crippen LogP contribution is 2.43. The summed E-state index contributed by atoms with van der Waals surface area (Å²) in [6.07, 6.45) is 6.20. The first-order valence-electron chi connectivity index (χ1n) is 4.92. The highest BCUT2D eigenvalue weighted by atomic mass is 15.2. The summed E-state index contributed by atoms with van der Waals surface area (Å²) < 4.78 is 0. The molecule has 0 aromatic heterocycles. The summed E-state index contributed by atoms with van der Waals surface area (Å²) in [5.74, 6) is 0.668. The third-order valence-corrected chi connectivity index (χ3v) is 3.72. The van der Waals surface area contributed by atoms with Crippen molar-refractivity contribution in [2.75, 3.05) is 13.6 Å². The first-order chi connectivity index (χ1) is 5.79. The van der Waals surface area contributed by atoms with Crippen molar-refractivity contribution in [2.24, 2.45) is 5.92 Å². The molecular formula is C10H16N2. The quantitative estimate of drug-likeness (QED) is 0.545. The predicted octanol–water partition coefficient (Wildman–Crippen LogP) is 1.77. The number of rotatable bonds is 0. The van der Waals surface area contributed by atoms with Crippen molar-refractivity contribution < 1.29 is 0 Å². The highest BCUT2D eigenvalue weighted by molar-refractivity contribution is 5.16. The highest BCUT2D eigenvalue weighted by Gasteiger charge is 2.48. The third-order valence-electron chi connectivity index (χ3n) is 3.72. The number of fused-ring (bicyclic) bond motifs is 1. The van der Waals surface area contributed by atoms with Gasteiger partial charge in [0.25, 0.3) is 0 Å². The van der Waals surface area contributed by atoms with Crippen molar-refractivity contribution >= 4 is 0 Å². The van der Waals surface area contributed by atoms with Gasteiger partial charge in [0.05, 0.1) is 6.07 Å². The molecule has 0 spiro atoms. The minimum absolute atomic E-state index is 0.0712. The van der Waals surface area contributed by atoms with Gasteiger partial charge in [0.2, 0.25) is 0 Å². The second-order valence-corrected chi connectivity index (χ2v) is 4.19. The molecule has 2 atom stereocenters. The third kappa shape index (κ3) is 0.895. The molecule has 0 radical (unpaired) electrons. The maximum absolute atomic E-state index is 9.23. The molecular weight excluding hydrogens is 148 g/mol. The van der Waals surface area contributed by atoms with Crippen molar-refractivity contribution in [1.29, 1.82) is 5.26 Å². The van der Waals surface area contributed by atoms with Crippen LogP contribution in [-0.2, 0) is 0 Å². The summed E-state index contributed by atoms with van der Waals surface area (Å²) in [6, 6.07) is 2.56.